The molecule has 114 valence electrons. The summed E-state index contributed by atoms with van der Waals surface area (Å²) < 4.78 is 50.8. The molecular formula is C13H20FNO4S. The highest BCUT2D eigenvalue weighted by atomic mass is 32.2. The highest BCUT2D eigenvalue weighted by Gasteiger charge is 2.24. The van der Waals surface area contributed by atoms with Gasteiger partial charge in [-0.2, -0.15) is 0 Å². The van der Waals surface area contributed by atoms with Gasteiger partial charge in [-0.15, -0.1) is 0 Å². The minimum Gasteiger partial charge on any atom is -0.493 e. The number of sulfonamides is 1. The monoisotopic (exact) mass is 305 g/mol. The highest BCUT2D eigenvalue weighted by Crippen LogP contribution is 2.31. The molecule has 0 aliphatic carbocycles. The van der Waals surface area contributed by atoms with E-state index in [1.54, 1.807) is 0 Å². The van der Waals surface area contributed by atoms with E-state index in [0.29, 0.717) is 12.8 Å². The SMILES string of the molecule is CCC(CC)NS(=O)(=O)c1cc(OC)c(OC)cc1F. The Kier molecular flexibility index (Phi) is 5.76. The molecule has 0 fully saturated rings. The first-order chi connectivity index (χ1) is 9.39. The molecule has 0 radical (unpaired) electrons. The van der Waals surface area contributed by atoms with E-state index < -0.39 is 20.7 Å². The van der Waals surface area contributed by atoms with Crippen molar-refractivity contribution in [2.45, 2.75) is 37.6 Å². The lowest BCUT2D eigenvalue weighted by molar-refractivity contribution is 0.350. The van der Waals surface area contributed by atoms with E-state index >= 15 is 0 Å². The zero-order valence-corrected chi connectivity index (χ0v) is 12.9. The molecule has 1 aromatic carbocycles. The lowest BCUT2D eigenvalue weighted by atomic mass is 10.2. The zero-order chi connectivity index (χ0) is 15.3. The number of benzene rings is 1. The highest BCUT2D eigenvalue weighted by molar-refractivity contribution is 7.89. The molecule has 7 heteroatoms. The van der Waals surface area contributed by atoms with Gasteiger partial charge in [-0.1, -0.05) is 13.8 Å². The molecule has 20 heavy (non-hydrogen) atoms. The molecule has 0 aliphatic heterocycles. The van der Waals surface area contributed by atoms with Crippen LogP contribution < -0.4 is 14.2 Å². The van der Waals surface area contributed by atoms with Gasteiger partial charge in [0.1, 0.15) is 10.7 Å². The van der Waals surface area contributed by atoms with Crippen LogP contribution in [0.1, 0.15) is 26.7 Å². The quantitative estimate of drug-likeness (QED) is 0.839. The standard InChI is InChI=1S/C13H20FNO4S/c1-5-9(6-2)15-20(16,17)13-8-12(19-4)11(18-3)7-10(13)14/h7-9,15H,5-6H2,1-4H3. The molecule has 0 heterocycles. The van der Waals surface area contributed by atoms with Crippen molar-refractivity contribution in [1.29, 1.82) is 0 Å². The van der Waals surface area contributed by atoms with Crippen LogP contribution in [0.2, 0.25) is 0 Å². The van der Waals surface area contributed by atoms with Crippen LogP contribution in [0, 0.1) is 5.82 Å². The molecule has 0 atom stereocenters. The van der Waals surface area contributed by atoms with Crippen LogP contribution in [0.15, 0.2) is 17.0 Å². The lowest BCUT2D eigenvalue weighted by Crippen LogP contribution is -2.34. The Morgan fingerprint density at radius 3 is 2.10 bits per heavy atom. The minimum atomic E-state index is -3.93. The van der Waals surface area contributed by atoms with Crippen molar-refractivity contribution in [3.63, 3.8) is 0 Å². The Labute approximate surface area is 119 Å². The van der Waals surface area contributed by atoms with Gasteiger partial charge in [0.15, 0.2) is 11.5 Å². The van der Waals surface area contributed by atoms with Crippen LogP contribution in [0.4, 0.5) is 4.39 Å². The number of hydrogen-bond donors (Lipinski definition) is 1. The lowest BCUT2D eigenvalue weighted by Gasteiger charge is -2.16. The second-order valence-electron chi connectivity index (χ2n) is 4.27. The van der Waals surface area contributed by atoms with Gasteiger partial charge in [0.2, 0.25) is 10.0 Å². The molecule has 0 aromatic heterocycles. The molecule has 1 rings (SSSR count). The van der Waals surface area contributed by atoms with Crippen molar-refractivity contribution in [3.8, 4) is 11.5 Å². The average molecular weight is 305 g/mol. The summed E-state index contributed by atoms with van der Waals surface area (Å²) in [5, 5.41) is 0. The number of nitrogens with one attached hydrogen (secondary N) is 1. The Balaban J connectivity index is 3.24. The van der Waals surface area contributed by atoms with Crippen molar-refractivity contribution in [2.75, 3.05) is 14.2 Å². The number of ether oxygens (including phenoxy) is 2. The molecule has 0 saturated heterocycles. The Morgan fingerprint density at radius 1 is 1.15 bits per heavy atom. The molecular weight excluding hydrogens is 285 g/mol. The van der Waals surface area contributed by atoms with E-state index in [-0.39, 0.29) is 17.5 Å². The first-order valence-corrected chi connectivity index (χ1v) is 7.81. The van der Waals surface area contributed by atoms with Crippen molar-refractivity contribution >= 4 is 10.0 Å². The fourth-order valence-corrected chi connectivity index (χ4v) is 3.26. The van der Waals surface area contributed by atoms with Gasteiger partial charge < -0.3 is 9.47 Å². The number of rotatable bonds is 7. The molecule has 1 aromatic rings. The second kappa shape index (κ2) is 6.90. The van der Waals surface area contributed by atoms with E-state index in [2.05, 4.69) is 4.72 Å². The van der Waals surface area contributed by atoms with Gasteiger partial charge in [0.05, 0.1) is 14.2 Å². The molecule has 0 aliphatic rings. The van der Waals surface area contributed by atoms with E-state index in [9.17, 15) is 12.8 Å². The maximum atomic E-state index is 14.0. The molecule has 1 N–H and O–H groups in total. The molecule has 5 nitrogen and oxygen atoms in total. The summed E-state index contributed by atoms with van der Waals surface area (Å²) in [5.74, 6) is -0.564. The normalized spacial score (nSPS) is 11.7. The van der Waals surface area contributed by atoms with Crippen molar-refractivity contribution in [2.24, 2.45) is 0 Å². The number of hydrogen-bond acceptors (Lipinski definition) is 4. The van der Waals surface area contributed by atoms with Crippen LogP contribution in [0.3, 0.4) is 0 Å². The van der Waals surface area contributed by atoms with E-state index in [4.69, 9.17) is 9.47 Å². The Hall–Kier alpha value is -1.34. The van der Waals surface area contributed by atoms with Crippen LogP contribution in [0.25, 0.3) is 0 Å². The summed E-state index contributed by atoms with van der Waals surface area (Å²) >= 11 is 0. The second-order valence-corrected chi connectivity index (χ2v) is 5.95. The van der Waals surface area contributed by atoms with E-state index in [1.807, 2.05) is 13.8 Å². The zero-order valence-electron chi connectivity index (χ0n) is 12.1. The largest absolute Gasteiger partial charge is 0.493 e. The fraction of sp³-hybridized carbons (Fsp3) is 0.538. The predicted molar refractivity (Wildman–Crippen MR) is 74.2 cm³/mol. The predicted octanol–water partition coefficient (Wildman–Crippen LogP) is 2.31. The number of methoxy groups -OCH3 is 2. The summed E-state index contributed by atoms with van der Waals surface area (Å²) in [4.78, 5) is -0.443. The van der Waals surface area contributed by atoms with Crippen LogP contribution in [0.5, 0.6) is 11.5 Å². The Morgan fingerprint density at radius 2 is 1.65 bits per heavy atom. The summed E-state index contributed by atoms with van der Waals surface area (Å²) in [7, 11) is -1.22. The molecule has 0 unspecified atom stereocenters. The summed E-state index contributed by atoms with van der Waals surface area (Å²) in [6.07, 6.45) is 1.26. The summed E-state index contributed by atoms with van der Waals surface area (Å²) in [5.41, 5.74) is 0. The van der Waals surface area contributed by atoms with Crippen LogP contribution in [-0.2, 0) is 10.0 Å². The third-order valence-corrected chi connectivity index (χ3v) is 4.57. The van der Waals surface area contributed by atoms with Gasteiger partial charge in [0, 0.05) is 18.2 Å². The molecule has 0 saturated carbocycles. The summed E-state index contributed by atoms with van der Waals surface area (Å²) in [6, 6.07) is 1.90. The minimum absolute atomic E-state index is 0.145. The maximum Gasteiger partial charge on any atom is 0.243 e. The molecule has 0 spiro atoms. The van der Waals surface area contributed by atoms with E-state index in [1.165, 1.54) is 14.2 Å². The van der Waals surface area contributed by atoms with Crippen molar-refractivity contribution < 1.29 is 22.3 Å². The number of halogens is 1. The van der Waals surface area contributed by atoms with Gasteiger partial charge in [-0.3, -0.25) is 0 Å². The van der Waals surface area contributed by atoms with Crippen molar-refractivity contribution in [1.82, 2.24) is 4.72 Å². The third kappa shape index (κ3) is 3.61. The summed E-state index contributed by atoms with van der Waals surface area (Å²) in [6.45, 7) is 3.73. The van der Waals surface area contributed by atoms with Crippen LogP contribution in [-0.4, -0.2) is 28.7 Å². The van der Waals surface area contributed by atoms with Crippen molar-refractivity contribution in [3.05, 3.63) is 17.9 Å². The van der Waals surface area contributed by atoms with Crippen LogP contribution >= 0.6 is 0 Å². The maximum absolute atomic E-state index is 14.0. The molecule has 0 bridgehead atoms. The molecule has 0 amide bonds. The average Bonchev–Trinajstić information content (AvgIpc) is 2.43. The first kappa shape index (κ1) is 16.7. The van der Waals surface area contributed by atoms with E-state index in [0.717, 1.165) is 12.1 Å². The van der Waals surface area contributed by atoms with Gasteiger partial charge >= 0.3 is 0 Å². The third-order valence-electron chi connectivity index (χ3n) is 3.04. The fourth-order valence-electron chi connectivity index (χ4n) is 1.78. The topological polar surface area (TPSA) is 64.6 Å². The van der Waals surface area contributed by atoms with Gasteiger partial charge in [-0.25, -0.2) is 17.5 Å². The Bertz CT molecular complexity index is 556. The first-order valence-electron chi connectivity index (χ1n) is 6.33. The van der Waals surface area contributed by atoms with Gasteiger partial charge in [0.25, 0.3) is 0 Å². The smallest absolute Gasteiger partial charge is 0.243 e. The van der Waals surface area contributed by atoms with Gasteiger partial charge in [-0.05, 0) is 12.8 Å².